The average molecular weight is 517 g/mol. The number of carbonyl (C=O) groups is 2. The summed E-state index contributed by atoms with van der Waals surface area (Å²) < 4.78 is 0. The highest BCUT2D eigenvalue weighted by Gasteiger charge is 2.20. The van der Waals surface area contributed by atoms with E-state index in [1.54, 1.807) is 0 Å². The molecule has 2 aromatic carbocycles. The average Bonchev–Trinajstić information content (AvgIpc) is 2.83. The van der Waals surface area contributed by atoms with E-state index in [4.69, 9.17) is 11.5 Å². The van der Waals surface area contributed by atoms with E-state index >= 15 is 0 Å². The molecule has 8 nitrogen and oxygen atoms in total. The molecule has 1 aromatic heterocycles. The van der Waals surface area contributed by atoms with Gasteiger partial charge in [-0.15, -0.1) is 10.2 Å². The number of benzene rings is 2. The molecule has 0 fully saturated rings. The third-order valence-electron chi connectivity index (χ3n) is 6.28. The van der Waals surface area contributed by atoms with Gasteiger partial charge in [-0.3, -0.25) is 9.59 Å². The first-order chi connectivity index (χ1) is 17.8. The summed E-state index contributed by atoms with van der Waals surface area (Å²) in [6.45, 7) is 13.4. The van der Waals surface area contributed by atoms with Gasteiger partial charge in [0, 0.05) is 37.1 Å². The summed E-state index contributed by atoms with van der Waals surface area (Å²) >= 11 is 0. The topological polar surface area (TPSA) is 136 Å². The van der Waals surface area contributed by atoms with Crippen molar-refractivity contribution in [3.05, 3.63) is 59.7 Å². The van der Waals surface area contributed by atoms with E-state index in [0.29, 0.717) is 22.8 Å². The molecule has 0 unspecified atom stereocenters. The van der Waals surface area contributed by atoms with E-state index in [-0.39, 0.29) is 48.6 Å². The lowest BCUT2D eigenvalue weighted by Crippen LogP contribution is -2.18. The van der Waals surface area contributed by atoms with Gasteiger partial charge in [-0.05, 0) is 58.4 Å². The van der Waals surface area contributed by atoms with Gasteiger partial charge in [0.1, 0.15) is 0 Å². The van der Waals surface area contributed by atoms with Crippen LogP contribution in [0, 0.1) is 0 Å². The Morgan fingerprint density at radius 1 is 0.658 bits per heavy atom. The van der Waals surface area contributed by atoms with Crippen LogP contribution >= 0.6 is 0 Å². The maximum absolute atomic E-state index is 12.3. The van der Waals surface area contributed by atoms with Gasteiger partial charge in [-0.2, -0.15) is 0 Å². The minimum absolute atomic E-state index is 0.0913. The van der Waals surface area contributed by atoms with Gasteiger partial charge in [0.2, 0.25) is 11.8 Å². The minimum Gasteiger partial charge on any atom is -0.330 e. The highest BCUT2D eigenvalue weighted by molar-refractivity contribution is 5.96. The van der Waals surface area contributed by atoms with Crippen molar-refractivity contribution in [1.82, 2.24) is 10.2 Å². The molecule has 0 radical (unpaired) electrons. The van der Waals surface area contributed by atoms with E-state index in [0.717, 1.165) is 22.3 Å². The van der Waals surface area contributed by atoms with Crippen molar-refractivity contribution in [3.8, 4) is 22.5 Å². The summed E-state index contributed by atoms with van der Waals surface area (Å²) in [6, 6.07) is 15.7. The number of nitrogens with one attached hydrogen (secondary N) is 2. The molecule has 0 saturated heterocycles. The molecule has 6 N–H and O–H groups in total. The highest BCUT2D eigenvalue weighted by Crippen LogP contribution is 2.35. The fourth-order valence-corrected chi connectivity index (χ4v) is 3.97. The van der Waals surface area contributed by atoms with Crippen LogP contribution in [0.25, 0.3) is 22.5 Å². The Bertz CT molecular complexity index is 1190. The Morgan fingerprint density at radius 2 is 1.03 bits per heavy atom. The smallest absolute Gasteiger partial charge is 0.225 e. The van der Waals surface area contributed by atoms with Gasteiger partial charge in [-0.1, -0.05) is 53.7 Å². The monoisotopic (exact) mass is 516 g/mol. The van der Waals surface area contributed by atoms with Crippen molar-refractivity contribution in [2.75, 3.05) is 23.7 Å². The van der Waals surface area contributed by atoms with Crippen molar-refractivity contribution in [2.24, 2.45) is 11.5 Å². The normalized spacial score (nSPS) is 11.8. The molecule has 0 spiro atoms. The fraction of sp³-hybridized carbons (Fsp3) is 0.400. The SMILES string of the molecule is CC(C)(C)c1ccc(NC(=O)CCN)c(-c2ccc(-c3cc(C(C)(C)C)ccc3NC(=O)CCN)nn2)c1. The Kier molecular flexibility index (Phi) is 9.01. The molecule has 0 aliphatic carbocycles. The van der Waals surface area contributed by atoms with Crippen LogP contribution in [0.1, 0.15) is 65.5 Å². The number of nitrogens with two attached hydrogens (primary N) is 2. The number of hydrogen-bond acceptors (Lipinski definition) is 6. The van der Waals surface area contributed by atoms with Gasteiger partial charge < -0.3 is 22.1 Å². The number of rotatable bonds is 8. The Labute approximate surface area is 225 Å². The van der Waals surface area contributed by atoms with E-state index < -0.39 is 0 Å². The van der Waals surface area contributed by atoms with Crippen molar-refractivity contribution in [3.63, 3.8) is 0 Å². The lowest BCUT2D eigenvalue weighted by molar-refractivity contribution is -0.116. The van der Waals surface area contributed by atoms with Crippen LogP contribution in [0.5, 0.6) is 0 Å². The molecule has 0 bridgehead atoms. The zero-order valence-electron chi connectivity index (χ0n) is 23.3. The number of aromatic nitrogens is 2. The van der Waals surface area contributed by atoms with E-state index in [1.165, 1.54) is 0 Å². The molecule has 2 amide bonds. The van der Waals surface area contributed by atoms with Crippen molar-refractivity contribution >= 4 is 23.2 Å². The van der Waals surface area contributed by atoms with Gasteiger partial charge in [0.25, 0.3) is 0 Å². The van der Waals surface area contributed by atoms with Crippen LogP contribution in [-0.4, -0.2) is 35.1 Å². The zero-order chi connectivity index (χ0) is 28.1. The van der Waals surface area contributed by atoms with Gasteiger partial charge in [0.05, 0.1) is 22.8 Å². The van der Waals surface area contributed by atoms with Gasteiger partial charge >= 0.3 is 0 Å². The summed E-state index contributed by atoms with van der Waals surface area (Å²) in [7, 11) is 0. The molecular weight excluding hydrogens is 476 g/mol. The maximum Gasteiger partial charge on any atom is 0.225 e. The van der Waals surface area contributed by atoms with Crippen LogP contribution in [0.4, 0.5) is 11.4 Å². The molecular formula is C30H40N6O2. The van der Waals surface area contributed by atoms with Crippen molar-refractivity contribution in [2.45, 2.75) is 65.2 Å². The third-order valence-corrected chi connectivity index (χ3v) is 6.28. The third kappa shape index (κ3) is 7.24. The van der Waals surface area contributed by atoms with Crippen LogP contribution in [-0.2, 0) is 20.4 Å². The largest absolute Gasteiger partial charge is 0.330 e. The molecule has 38 heavy (non-hydrogen) atoms. The Hall–Kier alpha value is -3.62. The van der Waals surface area contributed by atoms with Crippen LogP contribution in [0.2, 0.25) is 0 Å². The van der Waals surface area contributed by atoms with Crippen LogP contribution in [0.3, 0.4) is 0 Å². The first-order valence-electron chi connectivity index (χ1n) is 13.0. The lowest BCUT2D eigenvalue weighted by Gasteiger charge is -2.22. The predicted molar refractivity (Wildman–Crippen MR) is 155 cm³/mol. The number of hydrogen-bond donors (Lipinski definition) is 4. The second-order valence-electron chi connectivity index (χ2n) is 11.5. The summed E-state index contributed by atoms with van der Waals surface area (Å²) in [5.74, 6) is -0.308. The van der Waals surface area contributed by atoms with E-state index in [9.17, 15) is 9.59 Å². The molecule has 0 aliphatic heterocycles. The highest BCUT2D eigenvalue weighted by atomic mass is 16.2. The maximum atomic E-state index is 12.3. The molecule has 3 rings (SSSR count). The first kappa shape index (κ1) is 28.9. The van der Waals surface area contributed by atoms with E-state index in [1.807, 2.05) is 48.5 Å². The molecule has 0 saturated carbocycles. The minimum atomic E-state index is -0.154. The number of carbonyl (C=O) groups excluding carboxylic acids is 2. The number of amides is 2. The van der Waals surface area contributed by atoms with Crippen LogP contribution < -0.4 is 22.1 Å². The molecule has 1 heterocycles. The quantitative estimate of drug-likeness (QED) is 0.333. The molecule has 202 valence electrons. The lowest BCUT2D eigenvalue weighted by atomic mass is 9.85. The summed E-state index contributed by atoms with van der Waals surface area (Å²) in [4.78, 5) is 24.7. The summed E-state index contributed by atoms with van der Waals surface area (Å²) in [5.41, 5.74) is 17.3. The van der Waals surface area contributed by atoms with Crippen molar-refractivity contribution < 1.29 is 9.59 Å². The fourth-order valence-electron chi connectivity index (χ4n) is 3.97. The Morgan fingerprint density at radius 3 is 1.32 bits per heavy atom. The second-order valence-corrected chi connectivity index (χ2v) is 11.5. The standard InChI is InChI=1S/C30H40N6O2/c1-29(2,3)19-7-9-23(33-27(37)13-15-31)21(17-19)25-11-12-26(36-35-25)22-18-20(30(4,5)6)8-10-24(22)34-28(38)14-16-32/h7-12,17-18H,13-16,31-32H2,1-6H3,(H,33,37)(H,34,38). The van der Waals surface area contributed by atoms with Gasteiger partial charge in [-0.25, -0.2) is 0 Å². The molecule has 0 atom stereocenters. The summed E-state index contributed by atoms with van der Waals surface area (Å²) in [5, 5.41) is 15.0. The van der Waals surface area contributed by atoms with E-state index in [2.05, 4.69) is 62.4 Å². The van der Waals surface area contributed by atoms with Crippen LogP contribution in [0.15, 0.2) is 48.5 Å². The Balaban J connectivity index is 2.08. The second kappa shape index (κ2) is 11.8. The zero-order valence-corrected chi connectivity index (χ0v) is 23.3. The number of anilines is 2. The molecule has 0 aliphatic rings. The summed E-state index contributed by atoms with van der Waals surface area (Å²) in [6.07, 6.45) is 0.460. The predicted octanol–water partition coefficient (Wildman–Crippen LogP) is 4.98. The first-order valence-corrected chi connectivity index (χ1v) is 13.0. The van der Waals surface area contributed by atoms with Gasteiger partial charge in [0.15, 0.2) is 0 Å². The number of nitrogens with zero attached hydrogens (tertiary/aromatic N) is 2. The molecule has 3 aromatic rings. The van der Waals surface area contributed by atoms with Crippen molar-refractivity contribution in [1.29, 1.82) is 0 Å². The molecule has 8 heteroatoms.